The highest BCUT2D eigenvalue weighted by Crippen LogP contribution is 2.17. The van der Waals surface area contributed by atoms with Gasteiger partial charge in [0.05, 0.1) is 0 Å². The molecule has 0 saturated carbocycles. The molecular weight excluding hydrogens is 252 g/mol. The van der Waals surface area contributed by atoms with Gasteiger partial charge in [-0.2, -0.15) is 0 Å². The van der Waals surface area contributed by atoms with Crippen molar-refractivity contribution in [3.63, 3.8) is 0 Å². The van der Waals surface area contributed by atoms with E-state index in [0.29, 0.717) is 6.42 Å². The molecule has 118 valence electrons. The fourth-order valence-corrected chi connectivity index (χ4v) is 1.94. The monoisotopic (exact) mass is 284 g/mol. The minimum absolute atomic E-state index is 0.0501. The summed E-state index contributed by atoms with van der Waals surface area (Å²) >= 11 is 0. The average molecular weight is 284 g/mol. The number of hydrogen-bond acceptors (Lipinski definition) is 2. The predicted octanol–water partition coefficient (Wildman–Crippen LogP) is 2.87. The number of amides is 2. The summed E-state index contributed by atoms with van der Waals surface area (Å²) in [7, 11) is 0. The van der Waals surface area contributed by atoms with Crippen molar-refractivity contribution < 1.29 is 9.59 Å². The van der Waals surface area contributed by atoms with Crippen molar-refractivity contribution in [3.8, 4) is 0 Å². The Bertz CT molecular complexity index is 305. The highest BCUT2D eigenvalue weighted by molar-refractivity contribution is 5.82. The third kappa shape index (κ3) is 6.92. The molecule has 0 radical (unpaired) electrons. The summed E-state index contributed by atoms with van der Waals surface area (Å²) in [5.41, 5.74) is 0. The summed E-state index contributed by atoms with van der Waals surface area (Å²) in [6.45, 7) is 12.0. The summed E-state index contributed by atoms with van der Waals surface area (Å²) in [6, 6.07) is 0.389. The van der Waals surface area contributed by atoms with Gasteiger partial charge >= 0.3 is 0 Å². The van der Waals surface area contributed by atoms with Crippen molar-refractivity contribution in [2.75, 3.05) is 0 Å². The Hall–Kier alpha value is -1.06. The van der Waals surface area contributed by atoms with E-state index in [1.54, 1.807) is 0 Å². The Morgan fingerprint density at radius 1 is 0.800 bits per heavy atom. The van der Waals surface area contributed by atoms with E-state index in [1.165, 1.54) is 0 Å². The van der Waals surface area contributed by atoms with Crippen LogP contribution in [0.1, 0.15) is 67.2 Å². The van der Waals surface area contributed by atoms with Gasteiger partial charge in [-0.15, -0.1) is 0 Å². The van der Waals surface area contributed by atoms with E-state index in [2.05, 4.69) is 10.6 Å². The topological polar surface area (TPSA) is 58.2 Å². The molecule has 0 aromatic rings. The Kier molecular flexibility index (Phi) is 9.26. The first-order chi connectivity index (χ1) is 9.35. The largest absolute Gasteiger partial charge is 0.353 e. The van der Waals surface area contributed by atoms with Crippen LogP contribution >= 0.6 is 0 Å². The minimum atomic E-state index is -0.128. The maximum Gasteiger partial charge on any atom is 0.223 e. The van der Waals surface area contributed by atoms with Crippen molar-refractivity contribution in [2.24, 2.45) is 11.8 Å². The van der Waals surface area contributed by atoms with Gasteiger partial charge in [-0.3, -0.25) is 9.59 Å². The van der Waals surface area contributed by atoms with Crippen LogP contribution in [0, 0.1) is 11.8 Å². The van der Waals surface area contributed by atoms with Crippen LogP contribution in [0.3, 0.4) is 0 Å². The lowest BCUT2D eigenvalue weighted by Gasteiger charge is -2.22. The summed E-state index contributed by atoms with van der Waals surface area (Å²) in [5.74, 6) is -0.0857. The molecule has 0 bridgehead atoms. The van der Waals surface area contributed by atoms with E-state index >= 15 is 0 Å². The number of rotatable bonds is 9. The van der Waals surface area contributed by atoms with Crippen LogP contribution in [0.25, 0.3) is 0 Å². The molecule has 0 fully saturated rings. The van der Waals surface area contributed by atoms with Crippen molar-refractivity contribution in [2.45, 2.75) is 79.3 Å². The molecule has 2 amide bonds. The van der Waals surface area contributed by atoms with Gasteiger partial charge in [0.2, 0.25) is 11.8 Å². The normalized spacial score (nSPS) is 16.9. The fourth-order valence-electron chi connectivity index (χ4n) is 1.94. The van der Waals surface area contributed by atoms with Crippen LogP contribution in [0.2, 0.25) is 0 Å². The van der Waals surface area contributed by atoms with Crippen LogP contribution in [0.15, 0.2) is 0 Å². The molecule has 4 atom stereocenters. The maximum absolute atomic E-state index is 12.1. The van der Waals surface area contributed by atoms with E-state index in [9.17, 15) is 9.59 Å². The first-order valence-electron chi connectivity index (χ1n) is 7.96. The van der Waals surface area contributed by atoms with Gasteiger partial charge in [-0.25, -0.2) is 0 Å². The summed E-state index contributed by atoms with van der Waals surface area (Å²) < 4.78 is 0. The third-order valence-corrected chi connectivity index (χ3v) is 3.95. The van der Waals surface area contributed by atoms with Gasteiger partial charge in [0, 0.05) is 23.9 Å². The van der Waals surface area contributed by atoms with Crippen LogP contribution in [-0.2, 0) is 9.59 Å². The lowest BCUT2D eigenvalue weighted by Crippen LogP contribution is -2.40. The van der Waals surface area contributed by atoms with Gasteiger partial charge in [-0.05, 0) is 39.5 Å². The SMILES string of the molecule is CCC(C)NC(=O)C(C)CC(CC)C(=O)NC(C)CC. The average Bonchev–Trinajstić information content (AvgIpc) is 2.43. The molecule has 0 aliphatic heterocycles. The predicted molar refractivity (Wildman–Crippen MR) is 83.4 cm³/mol. The first-order valence-corrected chi connectivity index (χ1v) is 7.96. The smallest absolute Gasteiger partial charge is 0.223 e. The molecule has 4 unspecified atom stereocenters. The van der Waals surface area contributed by atoms with Gasteiger partial charge in [0.15, 0.2) is 0 Å². The number of hydrogen-bond donors (Lipinski definition) is 2. The lowest BCUT2D eigenvalue weighted by atomic mass is 9.92. The van der Waals surface area contributed by atoms with E-state index in [4.69, 9.17) is 0 Å². The van der Waals surface area contributed by atoms with Crippen LogP contribution in [0.5, 0.6) is 0 Å². The molecule has 0 rings (SSSR count). The second-order valence-corrected chi connectivity index (χ2v) is 5.88. The molecule has 0 spiro atoms. The Morgan fingerprint density at radius 3 is 1.65 bits per heavy atom. The lowest BCUT2D eigenvalue weighted by molar-refractivity contribution is -0.128. The van der Waals surface area contributed by atoms with Gasteiger partial charge in [-0.1, -0.05) is 27.7 Å². The van der Waals surface area contributed by atoms with Crippen LogP contribution < -0.4 is 10.6 Å². The van der Waals surface area contributed by atoms with E-state index in [0.717, 1.165) is 19.3 Å². The van der Waals surface area contributed by atoms with Crippen molar-refractivity contribution >= 4 is 11.8 Å². The summed E-state index contributed by atoms with van der Waals surface area (Å²) in [4.78, 5) is 24.2. The van der Waals surface area contributed by atoms with Gasteiger partial charge in [0.25, 0.3) is 0 Å². The zero-order valence-electron chi connectivity index (χ0n) is 14.0. The molecule has 0 heterocycles. The number of carbonyl (C=O) groups excluding carboxylic acids is 2. The standard InChI is InChI=1S/C16H32N2O2/c1-7-12(5)17-15(19)11(4)10-14(9-3)16(20)18-13(6)8-2/h11-14H,7-10H2,1-6H3,(H,17,19)(H,18,20). The molecule has 0 saturated heterocycles. The van der Waals surface area contributed by atoms with Crippen molar-refractivity contribution in [1.82, 2.24) is 10.6 Å². The van der Waals surface area contributed by atoms with Gasteiger partial charge in [0.1, 0.15) is 0 Å². The molecule has 2 N–H and O–H groups in total. The molecular formula is C16H32N2O2. The van der Waals surface area contributed by atoms with Crippen molar-refractivity contribution in [3.05, 3.63) is 0 Å². The van der Waals surface area contributed by atoms with E-state index < -0.39 is 0 Å². The second kappa shape index (κ2) is 9.78. The summed E-state index contributed by atoms with van der Waals surface area (Å²) in [6.07, 6.45) is 3.22. The maximum atomic E-state index is 12.1. The molecule has 0 aliphatic carbocycles. The minimum Gasteiger partial charge on any atom is -0.353 e. The second-order valence-electron chi connectivity index (χ2n) is 5.88. The fraction of sp³-hybridized carbons (Fsp3) is 0.875. The molecule has 20 heavy (non-hydrogen) atoms. The molecule has 0 aliphatic rings. The van der Waals surface area contributed by atoms with Crippen molar-refractivity contribution in [1.29, 1.82) is 0 Å². The third-order valence-electron chi connectivity index (χ3n) is 3.95. The summed E-state index contributed by atoms with van der Waals surface area (Å²) in [5, 5.41) is 5.99. The van der Waals surface area contributed by atoms with E-state index in [1.807, 2.05) is 41.5 Å². The first kappa shape index (κ1) is 18.9. The van der Waals surface area contributed by atoms with Gasteiger partial charge < -0.3 is 10.6 Å². The highest BCUT2D eigenvalue weighted by atomic mass is 16.2. The molecule has 0 aromatic carbocycles. The number of nitrogens with one attached hydrogen (secondary N) is 2. The quantitative estimate of drug-likeness (QED) is 0.684. The van der Waals surface area contributed by atoms with Crippen LogP contribution in [0.4, 0.5) is 0 Å². The molecule has 0 aromatic heterocycles. The Balaban J connectivity index is 4.40. The Labute approximate surface area is 124 Å². The Morgan fingerprint density at radius 2 is 1.25 bits per heavy atom. The zero-order chi connectivity index (χ0) is 15.7. The zero-order valence-corrected chi connectivity index (χ0v) is 14.0. The molecule has 4 nitrogen and oxygen atoms in total. The molecule has 4 heteroatoms. The number of carbonyl (C=O) groups is 2. The van der Waals surface area contributed by atoms with Crippen LogP contribution in [-0.4, -0.2) is 23.9 Å². The highest BCUT2D eigenvalue weighted by Gasteiger charge is 2.24. The van der Waals surface area contributed by atoms with E-state index in [-0.39, 0.29) is 35.7 Å².